The summed E-state index contributed by atoms with van der Waals surface area (Å²) in [6.45, 7) is 5.99. The van der Waals surface area contributed by atoms with Crippen LogP contribution in [0.3, 0.4) is 0 Å². The third-order valence-electron chi connectivity index (χ3n) is 2.18. The number of urea groups is 1. The molecule has 3 amide bonds. The first-order valence-corrected chi connectivity index (χ1v) is 7.61. The number of carbonyl (C=O) groups is 2. The maximum atomic E-state index is 11.6. The molecule has 0 fully saturated rings. The Morgan fingerprint density at radius 3 is 2.24 bits per heavy atom. The van der Waals surface area contributed by atoms with Crippen molar-refractivity contribution in [2.75, 3.05) is 18.4 Å². The number of anilines is 1. The van der Waals surface area contributed by atoms with Gasteiger partial charge >= 0.3 is 12.1 Å². The summed E-state index contributed by atoms with van der Waals surface area (Å²) in [5, 5.41) is 7.90. The van der Waals surface area contributed by atoms with Crippen LogP contribution >= 0.6 is 22.6 Å². The van der Waals surface area contributed by atoms with Gasteiger partial charge in [0.2, 0.25) is 0 Å². The molecule has 0 spiro atoms. The lowest BCUT2D eigenvalue weighted by Gasteiger charge is -2.19. The number of halogens is 1. The molecule has 0 heterocycles. The van der Waals surface area contributed by atoms with Gasteiger partial charge in [-0.05, 0) is 67.6 Å². The van der Waals surface area contributed by atoms with E-state index < -0.39 is 11.7 Å². The monoisotopic (exact) mass is 405 g/mol. The summed E-state index contributed by atoms with van der Waals surface area (Å²) in [6.07, 6.45) is -0.498. The molecular formula is C14H20IN3O3. The van der Waals surface area contributed by atoms with E-state index in [4.69, 9.17) is 4.74 Å². The van der Waals surface area contributed by atoms with Crippen LogP contribution in [0, 0.1) is 3.57 Å². The SMILES string of the molecule is CC(C)(C)OC(=O)NCCNC(=O)Nc1ccc(I)cc1. The minimum absolute atomic E-state index is 0.301. The first-order valence-electron chi connectivity index (χ1n) is 6.53. The molecule has 0 saturated heterocycles. The summed E-state index contributed by atoms with van der Waals surface area (Å²) in [7, 11) is 0. The Kier molecular flexibility index (Phi) is 6.73. The van der Waals surface area contributed by atoms with Crippen LogP contribution in [-0.4, -0.2) is 30.8 Å². The van der Waals surface area contributed by atoms with Crippen LogP contribution in [0.1, 0.15) is 20.8 Å². The van der Waals surface area contributed by atoms with E-state index in [9.17, 15) is 9.59 Å². The summed E-state index contributed by atoms with van der Waals surface area (Å²) in [5.74, 6) is 0. The van der Waals surface area contributed by atoms with Gasteiger partial charge in [0, 0.05) is 22.3 Å². The highest BCUT2D eigenvalue weighted by molar-refractivity contribution is 14.1. The van der Waals surface area contributed by atoms with Crippen molar-refractivity contribution >= 4 is 40.4 Å². The Hall–Kier alpha value is -1.51. The Morgan fingerprint density at radius 1 is 1.10 bits per heavy atom. The van der Waals surface area contributed by atoms with Gasteiger partial charge in [0.1, 0.15) is 5.60 Å². The van der Waals surface area contributed by atoms with E-state index in [0.717, 1.165) is 3.57 Å². The molecule has 1 aromatic rings. The summed E-state index contributed by atoms with van der Waals surface area (Å²) in [6, 6.07) is 7.13. The number of rotatable bonds is 4. The molecule has 0 aliphatic carbocycles. The maximum Gasteiger partial charge on any atom is 0.407 e. The molecule has 6 nitrogen and oxygen atoms in total. The van der Waals surface area contributed by atoms with Gasteiger partial charge in [0.05, 0.1) is 0 Å². The lowest BCUT2D eigenvalue weighted by atomic mass is 10.2. The van der Waals surface area contributed by atoms with E-state index in [1.807, 2.05) is 24.3 Å². The van der Waals surface area contributed by atoms with Crippen molar-refractivity contribution < 1.29 is 14.3 Å². The van der Waals surface area contributed by atoms with Crippen molar-refractivity contribution in [3.8, 4) is 0 Å². The molecule has 0 saturated carbocycles. The first kappa shape index (κ1) is 17.5. The summed E-state index contributed by atoms with van der Waals surface area (Å²) < 4.78 is 6.17. The van der Waals surface area contributed by atoms with E-state index in [0.29, 0.717) is 18.8 Å². The molecule has 0 atom stereocenters. The number of hydrogen-bond donors (Lipinski definition) is 3. The fourth-order valence-corrected chi connectivity index (χ4v) is 1.72. The first-order chi connectivity index (χ1) is 9.76. The van der Waals surface area contributed by atoms with Crippen molar-refractivity contribution in [1.29, 1.82) is 0 Å². The van der Waals surface area contributed by atoms with Gasteiger partial charge in [-0.25, -0.2) is 9.59 Å². The molecule has 0 radical (unpaired) electrons. The smallest absolute Gasteiger partial charge is 0.407 e. The fraction of sp³-hybridized carbons (Fsp3) is 0.429. The molecule has 116 valence electrons. The van der Waals surface area contributed by atoms with E-state index in [1.165, 1.54) is 0 Å². The van der Waals surface area contributed by atoms with Gasteiger partial charge in [-0.2, -0.15) is 0 Å². The van der Waals surface area contributed by atoms with Crippen LogP contribution in [0.4, 0.5) is 15.3 Å². The summed E-state index contributed by atoms with van der Waals surface area (Å²) in [4.78, 5) is 23.0. The lowest BCUT2D eigenvalue weighted by molar-refractivity contribution is 0.0528. The molecule has 1 rings (SSSR count). The fourth-order valence-electron chi connectivity index (χ4n) is 1.36. The van der Waals surface area contributed by atoms with E-state index in [1.54, 1.807) is 20.8 Å². The molecule has 0 aromatic heterocycles. The molecular weight excluding hydrogens is 385 g/mol. The molecule has 7 heteroatoms. The molecule has 1 aromatic carbocycles. The van der Waals surface area contributed by atoms with Gasteiger partial charge in [-0.1, -0.05) is 0 Å². The number of benzene rings is 1. The summed E-state index contributed by atoms with van der Waals surface area (Å²) >= 11 is 2.19. The van der Waals surface area contributed by atoms with Gasteiger partial charge in [0.15, 0.2) is 0 Å². The third kappa shape index (κ3) is 8.38. The van der Waals surface area contributed by atoms with Crippen LogP contribution in [0.25, 0.3) is 0 Å². The van der Waals surface area contributed by atoms with Crippen molar-refractivity contribution in [2.45, 2.75) is 26.4 Å². The Labute approximate surface area is 138 Å². The van der Waals surface area contributed by atoms with Crippen LogP contribution < -0.4 is 16.0 Å². The second kappa shape index (κ2) is 8.06. The van der Waals surface area contributed by atoms with Crippen LogP contribution in [0.15, 0.2) is 24.3 Å². The number of hydrogen-bond acceptors (Lipinski definition) is 3. The number of nitrogens with one attached hydrogen (secondary N) is 3. The second-order valence-corrected chi connectivity index (χ2v) is 6.56. The number of carbonyl (C=O) groups excluding carboxylic acids is 2. The largest absolute Gasteiger partial charge is 0.444 e. The molecule has 0 aliphatic rings. The molecule has 0 bridgehead atoms. The second-order valence-electron chi connectivity index (χ2n) is 5.32. The molecule has 0 unspecified atom stereocenters. The average Bonchev–Trinajstić information content (AvgIpc) is 2.35. The normalized spacial score (nSPS) is 10.7. The van der Waals surface area contributed by atoms with Gasteiger partial charge in [-0.15, -0.1) is 0 Å². The zero-order valence-corrected chi connectivity index (χ0v) is 14.5. The topological polar surface area (TPSA) is 79.5 Å². The minimum Gasteiger partial charge on any atom is -0.444 e. The third-order valence-corrected chi connectivity index (χ3v) is 2.90. The van der Waals surface area contributed by atoms with Crippen LogP contribution in [-0.2, 0) is 4.74 Å². The quantitative estimate of drug-likeness (QED) is 0.533. The molecule has 3 N–H and O–H groups in total. The number of amides is 3. The van der Waals surface area contributed by atoms with Crippen molar-refractivity contribution in [1.82, 2.24) is 10.6 Å². The highest BCUT2D eigenvalue weighted by Crippen LogP contribution is 2.10. The predicted octanol–water partition coefficient (Wildman–Crippen LogP) is 2.94. The Bertz CT molecular complexity index is 483. The summed E-state index contributed by atoms with van der Waals surface area (Å²) in [5.41, 5.74) is 0.188. The average molecular weight is 405 g/mol. The standard InChI is InChI=1S/C14H20IN3O3/c1-14(2,3)21-13(20)17-9-8-16-12(19)18-11-6-4-10(15)5-7-11/h4-7H,8-9H2,1-3H3,(H,17,20)(H2,16,18,19). The molecule has 21 heavy (non-hydrogen) atoms. The van der Waals surface area contributed by atoms with E-state index in [2.05, 4.69) is 38.5 Å². The maximum absolute atomic E-state index is 11.6. The van der Waals surface area contributed by atoms with Gasteiger partial charge in [-0.3, -0.25) is 0 Å². The van der Waals surface area contributed by atoms with Crippen LogP contribution in [0.2, 0.25) is 0 Å². The predicted molar refractivity (Wildman–Crippen MR) is 90.4 cm³/mol. The van der Waals surface area contributed by atoms with Gasteiger partial charge in [0.25, 0.3) is 0 Å². The van der Waals surface area contributed by atoms with E-state index in [-0.39, 0.29) is 6.03 Å². The number of ether oxygens (including phenoxy) is 1. The van der Waals surface area contributed by atoms with Crippen LogP contribution in [0.5, 0.6) is 0 Å². The highest BCUT2D eigenvalue weighted by Gasteiger charge is 2.15. The molecule has 0 aliphatic heterocycles. The van der Waals surface area contributed by atoms with Crippen molar-refractivity contribution in [3.63, 3.8) is 0 Å². The zero-order chi connectivity index (χ0) is 15.9. The number of alkyl carbamates (subject to hydrolysis) is 1. The zero-order valence-electron chi connectivity index (χ0n) is 12.3. The van der Waals surface area contributed by atoms with E-state index >= 15 is 0 Å². The lowest BCUT2D eigenvalue weighted by Crippen LogP contribution is -2.39. The highest BCUT2D eigenvalue weighted by atomic mass is 127. The minimum atomic E-state index is -0.528. The van der Waals surface area contributed by atoms with Gasteiger partial charge < -0.3 is 20.7 Å². The van der Waals surface area contributed by atoms with Crippen molar-refractivity contribution in [3.05, 3.63) is 27.8 Å². The Morgan fingerprint density at radius 2 is 1.67 bits per heavy atom. The van der Waals surface area contributed by atoms with Crippen molar-refractivity contribution in [2.24, 2.45) is 0 Å². The Balaban J connectivity index is 2.19.